The zero-order valence-corrected chi connectivity index (χ0v) is 17.7. The van der Waals surface area contributed by atoms with Gasteiger partial charge in [0.25, 0.3) is 5.91 Å². The molecule has 0 bridgehead atoms. The number of amides is 1. The minimum atomic E-state index is -3.15. The number of nitrogens with one attached hydrogen (secondary N) is 1. The number of carbonyl (C=O) groups excluding carboxylic acids is 2. The SMILES string of the molecule is CC[C@@H](CNC(=O)[C@@H](C)OC(=O)c1ccc(CS(C)(=O)=O)cc1)c1ccccc1. The molecule has 0 spiro atoms. The molecule has 2 aromatic carbocycles. The molecule has 2 atom stereocenters. The van der Waals surface area contributed by atoms with Crippen LogP contribution < -0.4 is 5.32 Å². The molecule has 1 N–H and O–H groups in total. The number of hydrogen-bond donors (Lipinski definition) is 1. The third kappa shape index (κ3) is 7.34. The maximum atomic E-state index is 12.3. The third-order valence-corrected chi connectivity index (χ3v) is 5.42. The van der Waals surface area contributed by atoms with Gasteiger partial charge in [0.1, 0.15) is 0 Å². The molecule has 0 aliphatic heterocycles. The summed E-state index contributed by atoms with van der Waals surface area (Å²) in [6.07, 6.45) is 1.08. The van der Waals surface area contributed by atoms with Gasteiger partial charge in [0, 0.05) is 18.7 Å². The van der Waals surface area contributed by atoms with E-state index in [2.05, 4.69) is 12.2 Å². The van der Waals surface area contributed by atoms with Gasteiger partial charge in [-0.2, -0.15) is 0 Å². The molecule has 0 heterocycles. The number of esters is 1. The van der Waals surface area contributed by atoms with E-state index in [0.29, 0.717) is 12.1 Å². The van der Waals surface area contributed by atoms with E-state index < -0.39 is 21.9 Å². The molecule has 0 aliphatic carbocycles. The highest BCUT2D eigenvalue weighted by Crippen LogP contribution is 2.18. The number of rotatable bonds is 9. The quantitative estimate of drug-likeness (QED) is 0.633. The highest BCUT2D eigenvalue weighted by atomic mass is 32.2. The van der Waals surface area contributed by atoms with Gasteiger partial charge in [-0.25, -0.2) is 13.2 Å². The molecule has 6 nitrogen and oxygen atoms in total. The number of ether oxygens (including phenoxy) is 1. The summed E-state index contributed by atoms with van der Waals surface area (Å²) < 4.78 is 27.9. The Morgan fingerprint density at radius 2 is 1.66 bits per heavy atom. The molecule has 1 amide bonds. The molecule has 0 saturated heterocycles. The lowest BCUT2D eigenvalue weighted by molar-refractivity contribution is -0.129. The predicted molar refractivity (Wildman–Crippen MR) is 112 cm³/mol. The van der Waals surface area contributed by atoms with Gasteiger partial charge in [0.05, 0.1) is 11.3 Å². The van der Waals surface area contributed by atoms with E-state index in [0.717, 1.165) is 18.2 Å². The molecule has 0 aromatic heterocycles. The second kappa shape index (κ2) is 10.2. The molecule has 0 saturated carbocycles. The van der Waals surface area contributed by atoms with Crippen LogP contribution >= 0.6 is 0 Å². The highest BCUT2D eigenvalue weighted by molar-refractivity contribution is 7.89. The Morgan fingerprint density at radius 1 is 1.03 bits per heavy atom. The van der Waals surface area contributed by atoms with Crippen molar-refractivity contribution < 1.29 is 22.7 Å². The number of sulfone groups is 1. The molecule has 2 aromatic rings. The molecular formula is C22H27NO5S. The van der Waals surface area contributed by atoms with Crippen LogP contribution in [-0.2, 0) is 25.1 Å². The van der Waals surface area contributed by atoms with Gasteiger partial charge in [-0.15, -0.1) is 0 Å². The zero-order valence-electron chi connectivity index (χ0n) is 16.9. The fourth-order valence-electron chi connectivity index (χ4n) is 2.91. The fourth-order valence-corrected chi connectivity index (χ4v) is 3.71. The summed E-state index contributed by atoms with van der Waals surface area (Å²) in [5, 5.41) is 2.84. The van der Waals surface area contributed by atoms with Crippen molar-refractivity contribution in [2.45, 2.75) is 38.0 Å². The smallest absolute Gasteiger partial charge is 0.338 e. The van der Waals surface area contributed by atoms with Crippen LogP contribution in [0, 0.1) is 0 Å². The Kier molecular flexibility index (Phi) is 7.96. The summed E-state index contributed by atoms with van der Waals surface area (Å²) in [5.74, 6) is -0.901. The van der Waals surface area contributed by atoms with Crippen LogP contribution in [0.3, 0.4) is 0 Å². The monoisotopic (exact) mass is 417 g/mol. The van der Waals surface area contributed by atoms with Gasteiger partial charge >= 0.3 is 5.97 Å². The Hall–Kier alpha value is -2.67. The third-order valence-electron chi connectivity index (χ3n) is 4.56. The standard InChI is InChI=1S/C22H27NO5S/c1-4-18(19-8-6-5-7-9-19)14-23-21(24)16(2)28-22(25)20-12-10-17(11-13-20)15-29(3,26)27/h5-13,16,18H,4,14-15H2,1-3H3,(H,23,24)/t16-,18+/m1/s1. The van der Waals surface area contributed by atoms with Crippen molar-refractivity contribution in [1.29, 1.82) is 0 Å². The molecule has 29 heavy (non-hydrogen) atoms. The van der Waals surface area contributed by atoms with Crippen LogP contribution in [-0.4, -0.2) is 39.2 Å². The second-order valence-corrected chi connectivity index (χ2v) is 9.22. The van der Waals surface area contributed by atoms with Crippen LogP contribution in [0.4, 0.5) is 0 Å². The van der Waals surface area contributed by atoms with Crippen molar-refractivity contribution in [3.8, 4) is 0 Å². The minimum absolute atomic E-state index is 0.0961. The van der Waals surface area contributed by atoms with Crippen molar-refractivity contribution in [2.24, 2.45) is 0 Å². The normalized spacial score (nSPS) is 13.3. The van der Waals surface area contributed by atoms with Gasteiger partial charge in [-0.1, -0.05) is 49.4 Å². The van der Waals surface area contributed by atoms with Crippen molar-refractivity contribution in [3.05, 3.63) is 71.3 Å². The maximum absolute atomic E-state index is 12.3. The minimum Gasteiger partial charge on any atom is -0.449 e. The maximum Gasteiger partial charge on any atom is 0.338 e. The first-order chi connectivity index (χ1) is 13.7. The molecule has 0 radical (unpaired) electrons. The van der Waals surface area contributed by atoms with E-state index in [1.807, 2.05) is 30.3 Å². The summed E-state index contributed by atoms with van der Waals surface area (Å²) in [7, 11) is -3.15. The van der Waals surface area contributed by atoms with E-state index in [4.69, 9.17) is 4.74 Å². The Bertz CT molecular complexity index is 923. The number of carbonyl (C=O) groups is 2. The molecule has 2 rings (SSSR count). The van der Waals surface area contributed by atoms with Gasteiger partial charge in [0.2, 0.25) is 0 Å². The van der Waals surface area contributed by atoms with Gasteiger partial charge in [-0.05, 0) is 36.6 Å². The Balaban J connectivity index is 1.89. The average Bonchev–Trinajstić information content (AvgIpc) is 2.68. The fraction of sp³-hybridized carbons (Fsp3) is 0.364. The Labute approximate surface area is 172 Å². The lowest BCUT2D eigenvalue weighted by Gasteiger charge is -2.18. The van der Waals surface area contributed by atoms with E-state index in [9.17, 15) is 18.0 Å². The second-order valence-electron chi connectivity index (χ2n) is 7.08. The molecule has 0 fully saturated rings. The largest absolute Gasteiger partial charge is 0.449 e. The molecular weight excluding hydrogens is 390 g/mol. The highest BCUT2D eigenvalue weighted by Gasteiger charge is 2.20. The van der Waals surface area contributed by atoms with E-state index in [-0.39, 0.29) is 23.1 Å². The van der Waals surface area contributed by atoms with Crippen molar-refractivity contribution in [3.63, 3.8) is 0 Å². The molecule has 0 unspecified atom stereocenters. The van der Waals surface area contributed by atoms with Crippen molar-refractivity contribution >= 4 is 21.7 Å². The number of hydrogen-bond acceptors (Lipinski definition) is 5. The summed E-state index contributed by atoms with van der Waals surface area (Å²) in [6, 6.07) is 16.0. The van der Waals surface area contributed by atoms with Crippen molar-refractivity contribution in [1.82, 2.24) is 5.32 Å². The first-order valence-corrected chi connectivity index (χ1v) is 11.6. The molecule has 0 aliphatic rings. The van der Waals surface area contributed by atoms with Crippen LogP contribution in [0.5, 0.6) is 0 Å². The predicted octanol–water partition coefficient (Wildman–Crippen LogP) is 3.09. The van der Waals surface area contributed by atoms with E-state index in [1.54, 1.807) is 12.1 Å². The zero-order chi connectivity index (χ0) is 21.4. The van der Waals surface area contributed by atoms with Gasteiger partial charge < -0.3 is 10.1 Å². The first kappa shape index (κ1) is 22.6. The Morgan fingerprint density at radius 3 is 2.21 bits per heavy atom. The lowest BCUT2D eigenvalue weighted by Crippen LogP contribution is -2.38. The molecule has 7 heteroatoms. The molecule has 156 valence electrons. The average molecular weight is 418 g/mol. The van der Waals surface area contributed by atoms with Crippen LogP contribution in [0.2, 0.25) is 0 Å². The lowest BCUT2D eigenvalue weighted by atomic mass is 9.96. The number of benzene rings is 2. The summed E-state index contributed by atoms with van der Waals surface area (Å²) >= 11 is 0. The van der Waals surface area contributed by atoms with Crippen molar-refractivity contribution in [2.75, 3.05) is 12.8 Å². The van der Waals surface area contributed by atoms with Gasteiger partial charge in [-0.3, -0.25) is 4.79 Å². The van der Waals surface area contributed by atoms with Gasteiger partial charge in [0.15, 0.2) is 15.9 Å². The van der Waals surface area contributed by atoms with Crippen LogP contribution in [0.15, 0.2) is 54.6 Å². The summed E-state index contributed by atoms with van der Waals surface area (Å²) in [4.78, 5) is 24.6. The van der Waals surface area contributed by atoms with E-state index in [1.165, 1.54) is 19.1 Å². The first-order valence-electron chi connectivity index (χ1n) is 9.50. The summed E-state index contributed by atoms with van der Waals surface area (Å²) in [6.45, 7) is 4.04. The van der Waals surface area contributed by atoms with E-state index >= 15 is 0 Å². The summed E-state index contributed by atoms with van der Waals surface area (Å²) in [5.41, 5.74) is 1.99. The van der Waals surface area contributed by atoms with Crippen LogP contribution in [0.1, 0.15) is 47.7 Å². The topological polar surface area (TPSA) is 89.5 Å². The van der Waals surface area contributed by atoms with Crippen LogP contribution in [0.25, 0.3) is 0 Å².